The fraction of sp³-hybridized carbons (Fsp3) is 0.412. The summed E-state index contributed by atoms with van der Waals surface area (Å²) in [6.45, 7) is 5.79. The summed E-state index contributed by atoms with van der Waals surface area (Å²) >= 11 is 5.70. The fourth-order valence-electron chi connectivity index (χ4n) is 2.43. The zero-order valence-electron chi connectivity index (χ0n) is 14.2. The van der Waals surface area contributed by atoms with E-state index in [1.807, 2.05) is 26.0 Å². The summed E-state index contributed by atoms with van der Waals surface area (Å²) in [5.41, 5.74) is 1.63. The highest BCUT2D eigenvalue weighted by Crippen LogP contribution is 2.35. The number of carbonyl (C=O) groups excluding carboxylic acids is 1. The molecule has 1 aromatic carbocycles. The zero-order valence-corrected chi connectivity index (χ0v) is 14.9. The number of aryl methyl sites for hydroxylation is 3. The molecule has 1 heterocycles. The van der Waals surface area contributed by atoms with Crippen molar-refractivity contribution < 1.29 is 18.0 Å². The molecule has 0 saturated heterocycles. The molecule has 8 heteroatoms. The van der Waals surface area contributed by atoms with E-state index in [1.165, 1.54) is 11.6 Å². The number of hydrogen-bond acceptors (Lipinski definition) is 2. The lowest BCUT2D eigenvalue weighted by Gasteiger charge is -2.09. The van der Waals surface area contributed by atoms with Gasteiger partial charge in [-0.1, -0.05) is 29.3 Å². The molecule has 2 aromatic rings. The van der Waals surface area contributed by atoms with Crippen molar-refractivity contribution in [2.75, 3.05) is 6.54 Å². The second-order valence-electron chi connectivity index (χ2n) is 5.90. The smallest absolute Gasteiger partial charge is 0.352 e. The number of rotatable bonds is 5. The van der Waals surface area contributed by atoms with Crippen molar-refractivity contribution in [1.82, 2.24) is 15.1 Å². The Labute approximate surface area is 149 Å². The molecule has 0 atom stereocenters. The van der Waals surface area contributed by atoms with Gasteiger partial charge in [0.15, 0.2) is 5.69 Å². The second kappa shape index (κ2) is 7.47. The normalized spacial score (nSPS) is 11.6. The van der Waals surface area contributed by atoms with Gasteiger partial charge in [-0.3, -0.25) is 9.48 Å². The van der Waals surface area contributed by atoms with Crippen molar-refractivity contribution in [2.24, 2.45) is 0 Å². The second-order valence-corrected chi connectivity index (χ2v) is 6.27. The molecule has 0 aliphatic rings. The van der Waals surface area contributed by atoms with E-state index in [0.29, 0.717) is 18.5 Å². The predicted octanol–water partition coefficient (Wildman–Crippen LogP) is 4.30. The molecular formula is C17H19ClF3N3O. The molecular weight excluding hydrogens is 355 g/mol. The van der Waals surface area contributed by atoms with Gasteiger partial charge in [0.1, 0.15) is 0 Å². The maximum Gasteiger partial charge on any atom is 0.436 e. The number of nitrogens with one attached hydrogen (secondary N) is 1. The molecule has 0 spiro atoms. The molecule has 0 saturated carbocycles. The molecule has 0 radical (unpaired) electrons. The number of benzene rings is 1. The lowest BCUT2D eigenvalue weighted by molar-refractivity contribution is -0.141. The summed E-state index contributed by atoms with van der Waals surface area (Å²) in [5.74, 6) is -0.201. The highest BCUT2D eigenvalue weighted by atomic mass is 35.5. The Morgan fingerprint density at radius 2 is 1.96 bits per heavy atom. The minimum atomic E-state index is -4.58. The third-order valence-electron chi connectivity index (χ3n) is 3.87. The number of alkyl halides is 3. The van der Waals surface area contributed by atoms with Crippen LogP contribution >= 0.6 is 11.6 Å². The quantitative estimate of drug-likeness (QED) is 0.794. The van der Waals surface area contributed by atoms with Crippen LogP contribution < -0.4 is 5.32 Å². The molecule has 1 N–H and O–H groups in total. The van der Waals surface area contributed by atoms with Gasteiger partial charge in [0, 0.05) is 18.7 Å². The first-order valence-corrected chi connectivity index (χ1v) is 8.14. The molecule has 0 unspecified atom stereocenters. The van der Waals surface area contributed by atoms with E-state index >= 15 is 0 Å². The Morgan fingerprint density at radius 1 is 1.28 bits per heavy atom. The van der Waals surface area contributed by atoms with Crippen molar-refractivity contribution in [3.05, 3.63) is 51.3 Å². The lowest BCUT2D eigenvalue weighted by atomic mass is 10.1. The van der Waals surface area contributed by atoms with Gasteiger partial charge >= 0.3 is 6.18 Å². The van der Waals surface area contributed by atoms with Crippen LogP contribution in [0.15, 0.2) is 18.2 Å². The highest BCUT2D eigenvalue weighted by molar-refractivity contribution is 6.31. The van der Waals surface area contributed by atoms with E-state index in [0.717, 1.165) is 11.1 Å². The first-order chi connectivity index (χ1) is 11.6. The average Bonchev–Trinajstić information content (AvgIpc) is 2.82. The zero-order chi connectivity index (χ0) is 18.8. The van der Waals surface area contributed by atoms with Crippen LogP contribution in [0, 0.1) is 20.8 Å². The maximum atomic E-state index is 12.8. The van der Waals surface area contributed by atoms with Crippen LogP contribution in [0.4, 0.5) is 13.2 Å². The van der Waals surface area contributed by atoms with E-state index in [4.69, 9.17) is 11.6 Å². The summed E-state index contributed by atoms with van der Waals surface area (Å²) in [4.78, 5) is 12.2. The van der Waals surface area contributed by atoms with Crippen LogP contribution in [0.2, 0.25) is 5.02 Å². The summed E-state index contributed by atoms with van der Waals surface area (Å²) in [5, 5.41) is 5.92. The van der Waals surface area contributed by atoms with Crippen LogP contribution in [0.3, 0.4) is 0 Å². The number of amides is 1. The molecule has 0 bridgehead atoms. The van der Waals surface area contributed by atoms with E-state index in [2.05, 4.69) is 10.4 Å². The molecule has 136 valence electrons. The van der Waals surface area contributed by atoms with Gasteiger partial charge in [0.05, 0.1) is 10.7 Å². The van der Waals surface area contributed by atoms with Crippen molar-refractivity contribution in [2.45, 2.75) is 39.9 Å². The molecule has 0 fully saturated rings. The molecule has 25 heavy (non-hydrogen) atoms. The molecule has 2 rings (SSSR count). The van der Waals surface area contributed by atoms with Crippen LogP contribution in [0.1, 0.15) is 39.3 Å². The minimum Gasteiger partial charge on any atom is -0.352 e. The number of aromatic nitrogens is 2. The van der Waals surface area contributed by atoms with Crippen LogP contribution in [0.5, 0.6) is 0 Å². The van der Waals surface area contributed by atoms with Crippen molar-refractivity contribution in [1.29, 1.82) is 0 Å². The summed E-state index contributed by atoms with van der Waals surface area (Å²) in [6.07, 6.45) is -4.14. The Hall–Kier alpha value is -2.02. The van der Waals surface area contributed by atoms with Gasteiger partial charge < -0.3 is 5.32 Å². The van der Waals surface area contributed by atoms with Gasteiger partial charge in [0.25, 0.3) is 5.91 Å². The molecule has 0 aliphatic heterocycles. The SMILES string of the molecule is Cc1ccc(C)c(C(=O)NCCCn2nc(C(F)(F)F)c(Cl)c2C)c1. The Morgan fingerprint density at radius 3 is 2.56 bits per heavy atom. The summed E-state index contributed by atoms with van der Waals surface area (Å²) < 4.78 is 39.5. The Kier molecular flexibility index (Phi) is 5.77. The van der Waals surface area contributed by atoms with E-state index in [1.54, 1.807) is 6.07 Å². The first-order valence-electron chi connectivity index (χ1n) is 7.77. The Balaban J connectivity index is 1.94. The average molecular weight is 374 g/mol. The summed E-state index contributed by atoms with van der Waals surface area (Å²) in [7, 11) is 0. The maximum absolute atomic E-state index is 12.8. The van der Waals surface area contributed by atoms with Gasteiger partial charge in [0.2, 0.25) is 0 Å². The fourth-order valence-corrected chi connectivity index (χ4v) is 2.67. The topological polar surface area (TPSA) is 46.9 Å². The van der Waals surface area contributed by atoms with Crippen molar-refractivity contribution >= 4 is 17.5 Å². The van der Waals surface area contributed by atoms with Gasteiger partial charge in [-0.05, 0) is 38.8 Å². The third-order valence-corrected chi connectivity index (χ3v) is 4.32. The third kappa shape index (κ3) is 4.54. The van der Waals surface area contributed by atoms with E-state index in [-0.39, 0.29) is 23.2 Å². The Bertz CT molecular complexity index is 784. The van der Waals surface area contributed by atoms with Gasteiger partial charge in [-0.15, -0.1) is 0 Å². The highest BCUT2D eigenvalue weighted by Gasteiger charge is 2.38. The molecule has 1 amide bonds. The molecule has 1 aromatic heterocycles. The van der Waals surface area contributed by atoms with E-state index in [9.17, 15) is 18.0 Å². The van der Waals surface area contributed by atoms with E-state index < -0.39 is 11.9 Å². The van der Waals surface area contributed by atoms with Gasteiger partial charge in [-0.2, -0.15) is 18.3 Å². The number of hydrogen-bond donors (Lipinski definition) is 1. The van der Waals surface area contributed by atoms with Gasteiger partial charge in [-0.25, -0.2) is 0 Å². The number of carbonyl (C=O) groups is 1. The molecule has 4 nitrogen and oxygen atoms in total. The van der Waals surface area contributed by atoms with Crippen LogP contribution in [0.25, 0.3) is 0 Å². The number of nitrogens with zero attached hydrogens (tertiary/aromatic N) is 2. The van der Waals surface area contributed by atoms with Crippen molar-refractivity contribution in [3.8, 4) is 0 Å². The standard InChI is InChI=1S/C17H19ClF3N3O/c1-10-5-6-11(2)13(9-10)16(25)22-7-4-8-24-12(3)14(18)15(23-24)17(19,20)21/h5-6,9H,4,7-8H2,1-3H3,(H,22,25). The minimum absolute atomic E-state index is 0.201. The lowest BCUT2D eigenvalue weighted by Crippen LogP contribution is -2.26. The predicted molar refractivity (Wildman–Crippen MR) is 89.8 cm³/mol. The van der Waals surface area contributed by atoms with Crippen molar-refractivity contribution in [3.63, 3.8) is 0 Å². The largest absolute Gasteiger partial charge is 0.436 e. The molecule has 0 aliphatic carbocycles. The monoisotopic (exact) mass is 373 g/mol. The summed E-state index contributed by atoms with van der Waals surface area (Å²) in [6, 6.07) is 5.60. The van der Waals surface area contributed by atoms with Crippen LogP contribution in [-0.2, 0) is 12.7 Å². The number of halogens is 4. The van der Waals surface area contributed by atoms with Crippen LogP contribution in [-0.4, -0.2) is 22.2 Å². The first kappa shape index (κ1) is 19.3.